The minimum absolute atomic E-state index is 0.0187. The largest absolute Gasteiger partial charge is 0.363 e. The maximum absolute atomic E-state index is 12.4. The Labute approximate surface area is 178 Å². The van der Waals surface area contributed by atoms with E-state index in [2.05, 4.69) is 68.3 Å². The van der Waals surface area contributed by atoms with E-state index in [1.54, 1.807) is 18.3 Å². The Bertz CT molecular complexity index is 1020. The number of hydrogen-bond acceptors (Lipinski definition) is 3. The van der Waals surface area contributed by atoms with Crippen LogP contribution in [0.25, 0.3) is 5.57 Å². The topological polar surface area (TPSA) is 44.7 Å². The van der Waals surface area contributed by atoms with Crippen molar-refractivity contribution >= 4 is 35.0 Å². The number of benzene rings is 2. The van der Waals surface area contributed by atoms with E-state index in [1.165, 1.54) is 16.8 Å². The molecular formula is C24H28ClN3O. The number of allylic oxidation sites excluding steroid dienone is 1. The van der Waals surface area contributed by atoms with Crippen molar-refractivity contribution < 1.29 is 4.79 Å². The zero-order chi connectivity index (χ0) is 21.3. The average molecular weight is 410 g/mol. The molecule has 0 atom stereocenters. The summed E-state index contributed by atoms with van der Waals surface area (Å²) in [6, 6.07) is 9.68. The minimum atomic E-state index is -0.322. The van der Waals surface area contributed by atoms with Crippen LogP contribution in [0.4, 0.5) is 5.69 Å². The Kier molecular flexibility index (Phi) is 5.85. The Hall–Kier alpha value is -2.59. The highest BCUT2D eigenvalue weighted by molar-refractivity contribution is 6.33. The van der Waals surface area contributed by atoms with Crippen molar-refractivity contribution in [2.45, 2.75) is 47.1 Å². The zero-order valence-corrected chi connectivity index (χ0v) is 18.7. The van der Waals surface area contributed by atoms with Crippen molar-refractivity contribution in [3.05, 3.63) is 69.2 Å². The summed E-state index contributed by atoms with van der Waals surface area (Å²) in [5.74, 6) is -0.322. The van der Waals surface area contributed by atoms with Crippen molar-refractivity contribution in [3.8, 4) is 0 Å². The lowest BCUT2D eigenvalue weighted by atomic mass is 9.87. The summed E-state index contributed by atoms with van der Waals surface area (Å²) in [6.45, 7) is 13.7. The van der Waals surface area contributed by atoms with Crippen molar-refractivity contribution in [1.29, 1.82) is 0 Å². The van der Waals surface area contributed by atoms with Crippen LogP contribution in [-0.4, -0.2) is 24.2 Å². The second kappa shape index (κ2) is 8.03. The summed E-state index contributed by atoms with van der Waals surface area (Å²) in [6.07, 6.45) is 4.00. The summed E-state index contributed by atoms with van der Waals surface area (Å²) in [4.78, 5) is 14.8. The molecule has 1 amide bonds. The van der Waals surface area contributed by atoms with Crippen molar-refractivity contribution in [2.24, 2.45) is 5.10 Å². The molecule has 1 aliphatic rings. The lowest BCUT2D eigenvalue weighted by Crippen LogP contribution is -2.45. The number of aryl methyl sites for hydroxylation is 2. The summed E-state index contributed by atoms with van der Waals surface area (Å²) in [5.41, 5.74) is 9.75. The predicted molar refractivity (Wildman–Crippen MR) is 123 cm³/mol. The predicted octanol–water partition coefficient (Wildman–Crippen LogP) is 5.74. The molecule has 2 aromatic carbocycles. The third-order valence-corrected chi connectivity index (χ3v) is 5.73. The van der Waals surface area contributed by atoms with Crippen LogP contribution in [0.5, 0.6) is 0 Å². The number of nitrogens with one attached hydrogen (secondary N) is 1. The van der Waals surface area contributed by atoms with Gasteiger partial charge in [-0.2, -0.15) is 5.10 Å². The number of anilines is 1. The van der Waals surface area contributed by atoms with E-state index < -0.39 is 0 Å². The maximum atomic E-state index is 12.4. The molecule has 1 aliphatic heterocycles. The molecule has 2 aromatic rings. The first-order chi connectivity index (χ1) is 13.6. The fraction of sp³-hybridized carbons (Fsp3) is 0.333. The molecule has 0 aliphatic carbocycles. The Balaban J connectivity index is 1.86. The van der Waals surface area contributed by atoms with Gasteiger partial charge in [0, 0.05) is 17.8 Å². The number of carbonyl (C=O) groups excluding carboxylic acids is 1. The first-order valence-corrected chi connectivity index (χ1v) is 10.2. The van der Waals surface area contributed by atoms with Gasteiger partial charge in [0.1, 0.15) is 0 Å². The van der Waals surface area contributed by atoms with Crippen molar-refractivity contribution in [3.63, 3.8) is 0 Å². The Morgan fingerprint density at radius 3 is 2.59 bits per heavy atom. The van der Waals surface area contributed by atoms with Gasteiger partial charge in [-0.25, -0.2) is 5.43 Å². The summed E-state index contributed by atoms with van der Waals surface area (Å²) >= 11 is 6.17. The van der Waals surface area contributed by atoms with Crippen molar-refractivity contribution in [2.75, 3.05) is 11.4 Å². The van der Waals surface area contributed by atoms with E-state index >= 15 is 0 Å². The van der Waals surface area contributed by atoms with Gasteiger partial charge in [0.15, 0.2) is 0 Å². The number of carbonyl (C=O) groups is 1. The highest BCUT2D eigenvalue weighted by Gasteiger charge is 2.30. The normalized spacial score (nSPS) is 15.3. The molecule has 29 heavy (non-hydrogen) atoms. The molecule has 152 valence electrons. The van der Waals surface area contributed by atoms with Gasteiger partial charge in [0.25, 0.3) is 5.91 Å². The quantitative estimate of drug-likeness (QED) is 0.516. The summed E-state index contributed by atoms with van der Waals surface area (Å²) < 4.78 is 0. The molecule has 0 radical (unpaired) electrons. The number of amides is 1. The number of halogens is 1. The van der Waals surface area contributed by atoms with Crippen molar-refractivity contribution in [1.82, 2.24) is 5.43 Å². The van der Waals surface area contributed by atoms with Gasteiger partial charge in [-0.3, -0.25) is 4.79 Å². The molecule has 0 spiro atoms. The van der Waals surface area contributed by atoms with Crippen LogP contribution in [0.3, 0.4) is 0 Å². The van der Waals surface area contributed by atoms with Crippen LogP contribution in [0.2, 0.25) is 5.02 Å². The molecular weight excluding hydrogens is 382 g/mol. The van der Waals surface area contributed by atoms with E-state index in [0.717, 1.165) is 23.2 Å². The molecule has 4 nitrogen and oxygen atoms in total. The second-order valence-corrected chi connectivity index (χ2v) is 8.54. The molecule has 0 aromatic heterocycles. The van der Waals surface area contributed by atoms with E-state index in [-0.39, 0.29) is 11.4 Å². The second-order valence-electron chi connectivity index (χ2n) is 8.13. The first kappa shape index (κ1) is 21.1. The number of rotatable bonds is 4. The standard InChI is InChI=1S/C24H28ClN3O/c1-7-28-22-11-16(3)18(12-20(22)17(4)13-24(28,5)6)14-26-27-23(29)19-9-8-15(2)10-21(19)25/h8-14H,7H2,1-6H3,(H,27,29)/b26-14-. The molecule has 0 unspecified atom stereocenters. The van der Waals surface area contributed by atoms with Gasteiger partial charge >= 0.3 is 0 Å². The first-order valence-electron chi connectivity index (χ1n) is 9.85. The van der Waals surface area contributed by atoms with Crippen LogP contribution in [0.1, 0.15) is 60.3 Å². The van der Waals surface area contributed by atoms with Crippen LogP contribution in [0.15, 0.2) is 41.5 Å². The van der Waals surface area contributed by atoms with Gasteiger partial charge < -0.3 is 4.90 Å². The number of hydrazone groups is 1. The molecule has 3 rings (SSSR count). The number of likely N-dealkylation sites (N-methyl/N-ethyl adjacent to an activating group) is 1. The smallest absolute Gasteiger partial charge is 0.272 e. The molecule has 1 heterocycles. The van der Waals surface area contributed by atoms with Gasteiger partial charge in [-0.1, -0.05) is 23.7 Å². The highest BCUT2D eigenvalue weighted by atomic mass is 35.5. The third kappa shape index (κ3) is 4.23. The monoisotopic (exact) mass is 409 g/mol. The molecule has 0 saturated carbocycles. The third-order valence-electron chi connectivity index (χ3n) is 5.42. The number of hydrogen-bond donors (Lipinski definition) is 1. The summed E-state index contributed by atoms with van der Waals surface area (Å²) in [7, 11) is 0. The average Bonchev–Trinajstić information content (AvgIpc) is 2.62. The zero-order valence-electron chi connectivity index (χ0n) is 17.9. The molecule has 5 heteroatoms. The minimum Gasteiger partial charge on any atom is -0.363 e. The maximum Gasteiger partial charge on any atom is 0.272 e. The number of nitrogens with zero attached hydrogens (tertiary/aromatic N) is 2. The fourth-order valence-corrected chi connectivity index (χ4v) is 4.31. The SMILES string of the molecule is CCN1c2cc(C)c(/C=N\NC(=O)c3ccc(C)cc3Cl)cc2C(C)=CC1(C)C. The molecule has 0 saturated heterocycles. The Morgan fingerprint density at radius 2 is 1.93 bits per heavy atom. The summed E-state index contributed by atoms with van der Waals surface area (Å²) in [5, 5.41) is 4.59. The van der Waals surface area contributed by atoms with Crippen LogP contribution < -0.4 is 10.3 Å². The fourth-order valence-electron chi connectivity index (χ4n) is 3.99. The molecule has 0 bridgehead atoms. The van der Waals surface area contributed by atoms with Gasteiger partial charge in [-0.05, 0) is 88.1 Å². The van der Waals surface area contributed by atoms with Crippen LogP contribution in [-0.2, 0) is 0 Å². The lowest BCUT2D eigenvalue weighted by Gasteiger charge is -2.43. The van der Waals surface area contributed by atoms with E-state index in [1.807, 2.05) is 13.0 Å². The lowest BCUT2D eigenvalue weighted by molar-refractivity contribution is 0.0955. The van der Waals surface area contributed by atoms with Gasteiger partial charge in [0.2, 0.25) is 0 Å². The van der Waals surface area contributed by atoms with Gasteiger partial charge in [0.05, 0.1) is 22.3 Å². The molecule has 1 N–H and O–H groups in total. The van der Waals surface area contributed by atoms with E-state index in [0.29, 0.717) is 10.6 Å². The van der Waals surface area contributed by atoms with Crippen LogP contribution in [0, 0.1) is 13.8 Å². The highest BCUT2D eigenvalue weighted by Crippen LogP contribution is 2.39. The Morgan fingerprint density at radius 1 is 1.21 bits per heavy atom. The number of fused-ring (bicyclic) bond motifs is 1. The van der Waals surface area contributed by atoms with Gasteiger partial charge in [-0.15, -0.1) is 0 Å². The molecule has 0 fully saturated rings. The van der Waals surface area contributed by atoms with E-state index in [4.69, 9.17) is 11.6 Å². The van der Waals surface area contributed by atoms with E-state index in [9.17, 15) is 4.79 Å². The van der Waals surface area contributed by atoms with Crippen LogP contribution >= 0.6 is 11.6 Å².